The summed E-state index contributed by atoms with van der Waals surface area (Å²) in [5.74, 6) is 0. The van der Waals surface area contributed by atoms with E-state index in [4.69, 9.17) is 0 Å². The molecule has 9 heavy (non-hydrogen) atoms. The molecule has 54 valence electrons. The highest BCUT2D eigenvalue weighted by molar-refractivity contribution is 4.96. The summed E-state index contributed by atoms with van der Waals surface area (Å²) in [6, 6.07) is 0. The SMILES string of the molecule is CCCC=C(C)CCC. The fraction of sp³-hybridized carbons (Fsp3) is 0.778. The average Bonchev–Trinajstić information content (AvgIpc) is 1.85. The molecule has 0 spiro atoms. The monoisotopic (exact) mass is 126 g/mol. The zero-order valence-electron chi connectivity index (χ0n) is 6.91. The van der Waals surface area contributed by atoms with Gasteiger partial charge in [0, 0.05) is 0 Å². The fourth-order valence-electron chi connectivity index (χ4n) is 0.887. The van der Waals surface area contributed by atoms with Crippen LogP contribution in [0.5, 0.6) is 0 Å². The van der Waals surface area contributed by atoms with E-state index in [-0.39, 0.29) is 0 Å². The molecule has 0 radical (unpaired) electrons. The van der Waals surface area contributed by atoms with Crippen molar-refractivity contribution in [3.05, 3.63) is 11.6 Å². The van der Waals surface area contributed by atoms with Crippen LogP contribution in [0.1, 0.15) is 46.5 Å². The quantitative estimate of drug-likeness (QED) is 0.505. The largest absolute Gasteiger partial charge is 0.0856 e. The van der Waals surface area contributed by atoms with Gasteiger partial charge in [-0.05, 0) is 19.8 Å². The minimum absolute atomic E-state index is 1.26. The zero-order valence-corrected chi connectivity index (χ0v) is 6.91. The topological polar surface area (TPSA) is 0 Å². The van der Waals surface area contributed by atoms with Gasteiger partial charge < -0.3 is 0 Å². The van der Waals surface area contributed by atoms with E-state index >= 15 is 0 Å². The van der Waals surface area contributed by atoms with Crippen LogP contribution >= 0.6 is 0 Å². The Hall–Kier alpha value is -0.260. The van der Waals surface area contributed by atoms with Gasteiger partial charge in [-0.1, -0.05) is 38.3 Å². The molecule has 0 nitrogen and oxygen atoms in total. The minimum Gasteiger partial charge on any atom is -0.0856 e. The fourth-order valence-corrected chi connectivity index (χ4v) is 0.887. The van der Waals surface area contributed by atoms with Crippen molar-refractivity contribution in [1.82, 2.24) is 0 Å². The highest BCUT2D eigenvalue weighted by atomic mass is 13.9. The summed E-state index contributed by atoms with van der Waals surface area (Å²) in [4.78, 5) is 0. The van der Waals surface area contributed by atoms with E-state index in [0.29, 0.717) is 0 Å². The molecule has 0 saturated carbocycles. The molecule has 0 saturated heterocycles. The van der Waals surface area contributed by atoms with E-state index in [1.165, 1.54) is 25.7 Å². The molecular formula is C9H18. The second-order valence-corrected chi connectivity index (χ2v) is 2.59. The van der Waals surface area contributed by atoms with Crippen LogP contribution in [0.3, 0.4) is 0 Å². The molecule has 0 unspecified atom stereocenters. The minimum atomic E-state index is 1.26. The first-order valence-corrected chi connectivity index (χ1v) is 3.96. The smallest absolute Gasteiger partial charge is 0.0326 e. The highest BCUT2D eigenvalue weighted by Gasteiger charge is 1.84. The molecule has 0 aromatic carbocycles. The van der Waals surface area contributed by atoms with Gasteiger partial charge >= 0.3 is 0 Å². The summed E-state index contributed by atoms with van der Waals surface area (Å²) < 4.78 is 0. The van der Waals surface area contributed by atoms with E-state index in [9.17, 15) is 0 Å². The van der Waals surface area contributed by atoms with Crippen LogP contribution in [-0.4, -0.2) is 0 Å². The molecule has 0 aliphatic heterocycles. The van der Waals surface area contributed by atoms with E-state index in [0.717, 1.165) is 0 Å². The number of unbranched alkanes of at least 4 members (excludes halogenated alkanes) is 1. The summed E-state index contributed by atoms with van der Waals surface area (Å²) in [5, 5.41) is 0. The van der Waals surface area contributed by atoms with Gasteiger partial charge in [0.2, 0.25) is 0 Å². The Morgan fingerprint density at radius 3 is 2.33 bits per heavy atom. The molecule has 0 fully saturated rings. The molecule has 0 rings (SSSR count). The van der Waals surface area contributed by atoms with Crippen LogP contribution in [0.2, 0.25) is 0 Å². The van der Waals surface area contributed by atoms with Crippen molar-refractivity contribution in [2.45, 2.75) is 46.5 Å². The lowest BCUT2D eigenvalue weighted by Gasteiger charge is -1.94. The van der Waals surface area contributed by atoms with Gasteiger partial charge in [0.05, 0.1) is 0 Å². The van der Waals surface area contributed by atoms with Crippen molar-refractivity contribution in [2.75, 3.05) is 0 Å². The van der Waals surface area contributed by atoms with Crippen LogP contribution < -0.4 is 0 Å². The number of allylic oxidation sites excluding steroid dienone is 2. The predicted octanol–water partition coefficient (Wildman–Crippen LogP) is 3.53. The lowest BCUT2D eigenvalue weighted by atomic mass is 10.1. The Morgan fingerprint density at radius 2 is 1.89 bits per heavy atom. The second-order valence-electron chi connectivity index (χ2n) is 2.59. The summed E-state index contributed by atoms with van der Waals surface area (Å²) >= 11 is 0. The molecule has 0 aromatic heterocycles. The predicted molar refractivity (Wildman–Crippen MR) is 43.6 cm³/mol. The molecule has 0 N–H and O–H groups in total. The molecule has 0 heterocycles. The van der Waals surface area contributed by atoms with Crippen molar-refractivity contribution in [1.29, 1.82) is 0 Å². The van der Waals surface area contributed by atoms with E-state index in [1.54, 1.807) is 5.57 Å². The third-order valence-electron chi connectivity index (χ3n) is 1.43. The number of hydrogen-bond acceptors (Lipinski definition) is 0. The summed E-state index contributed by atoms with van der Waals surface area (Å²) in [5.41, 5.74) is 1.55. The van der Waals surface area contributed by atoms with Crippen LogP contribution in [0.25, 0.3) is 0 Å². The van der Waals surface area contributed by atoms with Gasteiger partial charge in [-0.3, -0.25) is 0 Å². The van der Waals surface area contributed by atoms with E-state index in [2.05, 4.69) is 26.8 Å². The standard InChI is InChI=1S/C9H18/c1-4-6-8-9(3)7-5-2/h8H,4-7H2,1-3H3. The zero-order chi connectivity index (χ0) is 7.11. The maximum Gasteiger partial charge on any atom is -0.0326 e. The van der Waals surface area contributed by atoms with Crippen LogP contribution in [0.4, 0.5) is 0 Å². The number of hydrogen-bond donors (Lipinski definition) is 0. The molecule has 0 aliphatic carbocycles. The van der Waals surface area contributed by atoms with Gasteiger partial charge in [-0.25, -0.2) is 0 Å². The van der Waals surface area contributed by atoms with Crippen molar-refractivity contribution in [2.24, 2.45) is 0 Å². The summed E-state index contributed by atoms with van der Waals surface area (Å²) in [7, 11) is 0. The van der Waals surface area contributed by atoms with Gasteiger partial charge in [0.25, 0.3) is 0 Å². The second kappa shape index (κ2) is 5.87. The molecule has 0 atom stereocenters. The maximum absolute atomic E-state index is 2.35. The highest BCUT2D eigenvalue weighted by Crippen LogP contribution is 2.04. The van der Waals surface area contributed by atoms with Gasteiger partial charge in [0.1, 0.15) is 0 Å². The Kier molecular flexibility index (Phi) is 5.70. The van der Waals surface area contributed by atoms with Crippen LogP contribution in [0.15, 0.2) is 11.6 Å². The first-order chi connectivity index (χ1) is 4.31. The average molecular weight is 126 g/mol. The molecule has 0 aromatic rings. The first-order valence-electron chi connectivity index (χ1n) is 3.96. The molecule has 0 aliphatic rings. The first kappa shape index (κ1) is 8.74. The lowest BCUT2D eigenvalue weighted by Crippen LogP contribution is -1.74. The molecular weight excluding hydrogens is 108 g/mol. The Bertz CT molecular complexity index is 80.0. The van der Waals surface area contributed by atoms with Gasteiger partial charge in [0.15, 0.2) is 0 Å². The van der Waals surface area contributed by atoms with Crippen molar-refractivity contribution < 1.29 is 0 Å². The lowest BCUT2D eigenvalue weighted by molar-refractivity contribution is 0.876. The molecule has 0 bridgehead atoms. The summed E-state index contributed by atoms with van der Waals surface area (Å²) in [6.45, 7) is 6.66. The third kappa shape index (κ3) is 5.61. The van der Waals surface area contributed by atoms with E-state index < -0.39 is 0 Å². The third-order valence-corrected chi connectivity index (χ3v) is 1.43. The Morgan fingerprint density at radius 1 is 1.22 bits per heavy atom. The van der Waals surface area contributed by atoms with Crippen LogP contribution in [-0.2, 0) is 0 Å². The summed E-state index contributed by atoms with van der Waals surface area (Å²) in [6.07, 6.45) is 7.45. The van der Waals surface area contributed by atoms with Gasteiger partial charge in [-0.2, -0.15) is 0 Å². The maximum atomic E-state index is 2.35. The number of rotatable bonds is 4. The van der Waals surface area contributed by atoms with Crippen molar-refractivity contribution >= 4 is 0 Å². The van der Waals surface area contributed by atoms with Crippen LogP contribution in [0, 0.1) is 0 Å². The van der Waals surface area contributed by atoms with Crippen molar-refractivity contribution in [3.63, 3.8) is 0 Å². The van der Waals surface area contributed by atoms with E-state index in [1.807, 2.05) is 0 Å². The normalized spacial score (nSPS) is 12.1. The molecule has 0 amide bonds. The molecule has 0 heteroatoms. The van der Waals surface area contributed by atoms with Crippen molar-refractivity contribution in [3.8, 4) is 0 Å². The Balaban J connectivity index is 3.30. The van der Waals surface area contributed by atoms with Gasteiger partial charge in [-0.15, -0.1) is 0 Å². The Labute approximate surface area is 59.0 Å².